The van der Waals surface area contributed by atoms with Gasteiger partial charge in [-0.05, 0) is 43.7 Å². The van der Waals surface area contributed by atoms with Crippen molar-refractivity contribution < 1.29 is 4.39 Å². The summed E-state index contributed by atoms with van der Waals surface area (Å²) in [4.78, 5) is 4.27. The number of aryl methyl sites for hydroxylation is 2. The van der Waals surface area contributed by atoms with Crippen LogP contribution in [0.4, 0.5) is 10.1 Å². The van der Waals surface area contributed by atoms with Crippen LogP contribution in [0.15, 0.2) is 30.3 Å². The van der Waals surface area contributed by atoms with Crippen molar-refractivity contribution in [1.82, 2.24) is 4.98 Å². The van der Waals surface area contributed by atoms with Crippen molar-refractivity contribution in [2.45, 2.75) is 13.8 Å². The van der Waals surface area contributed by atoms with Gasteiger partial charge in [0, 0.05) is 5.56 Å². The van der Waals surface area contributed by atoms with E-state index in [4.69, 9.17) is 5.73 Å². The molecule has 0 aliphatic heterocycles. The van der Waals surface area contributed by atoms with Crippen LogP contribution >= 0.6 is 0 Å². The molecule has 0 saturated carbocycles. The van der Waals surface area contributed by atoms with Gasteiger partial charge in [-0.1, -0.05) is 6.07 Å². The van der Waals surface area contributed by atoms with E-state index in [9.17, 15) is 4.39 Å². The highest BCUT2D eigenvalue weighted by atomic mass is 19.1. The molecule has 2 nitrogen and oxygen atoms in total. The van der Waals surface area contributed by atoms with E-state index in [1.54, 1.807) is 18.2 Å². The average molecular weight is 216 g/mol. The summed E-state index contributed by atoms with van der Waals surface area (Å²) in [5, 5.41) is 0. The van der Waals surface area contributed by atoms with Gasteiger partial charge in [0.2, 0.25) is 0 Å². The molecule has 1 aromatic carbocycles. The summed E-state index contributed by atoms with van der Waals surface area (Å²) in [6, 6.07) is 8.59. The van der Waals surface area contributed by atoms with E-state index in [1.165, 1.54) is 6.07 Å². The quantitative estimate of drug-likeness (QED) is 0.795. The van der Waals surface area contributed by atoms with Crippen molar-refractivity contribution >= 4 is 5.69 Å². The molecule has 16 heavy (non-hydrogen) atoms. The number of nitrogens with zero attached hydrogens (tertiary/aromatic N) is 1. The maximum Gasteiger partial charge on any atom is 0.132 e. The van der Waals surface area contributed by atoms with Crippen LogP contribution in [0.2, 0.25) is 0 Å². The summed E-state index contributed by atoms with van der Waals surface area (Å²) in [5.74, 6) is -0.253. The van der Waals surface area contributed by atoms with Crippen LogP contribution < -0.4 is 5.73 Å². The lowest BCUT2D eigenvalue weighted by molar-refractivity contribution is 0.629. The largest absolute Gasteiger partial charge is 0.397 e. The van der Waals surface area contributed by atoms with E-state index in [-0.39, 0.29) is 5.82 Å². The van der Waals surface area contributed by atoms with Crippen molar-refractivity contribution in [2.24, 2.45) is 0 Å². The molecule has 0 radical (unpaired) electrons. The molecule has 2 N–H and O–H groups in total. The summed E-state index contributed by atoms with van der Waals surface area (Å²) < 4.78 is 13.7. The van der Waals surface area contributed by atoms with E-state index in [2.05, 4.69) is 4.98 Å². The van der Waals surface area contributed by atoms with Crippen molar-refractivity contribution in [1.29, 1.82) is 0 Å². The average Bonchev–Trinajstić information content (AvgIpc) is 2.22. The fourth-order valence-electron chi connectivity index (χ4n) is 1.55. The first-order valence-electron chi connectivity index (χ1n) is 5.07. The Morgan fingerprint density at radius 1 is 1.12 bits per heavy atom. The third-order valence-electron chi connectivity index (χ3n) is 2.53. The first-order chi connectivity index (χ1) is 7.58. The number of pyridine rings is 1. The molecule has 0 aliphatic carbocycles. The summed E-state index contributed by atoms with van der Waals surface area (Å²) >= 11 is 0. The summed E-state index contributed by atoms with van der Waals surface area (Å²) in [7, 11) is 0. The first kappa shape index (κ1) is 10.6. The first-order valence-corrected chi connectivity index (χ1v) is 5.07. The Bertz CT molecular complexity index is 535. The molecule has 0 unspecified atom stereocenters. The zero-order valence-electron chi connectivity index (χ0n) is 9.29. The highest BCUT2D eigenvalue weighted by molar-refractivity contribution is 5.63. The molecule has 0 spiro atoms. The molecule has 0 bridgehead atoms. The number of nitrogens with two attached hydrogens (primary N) is 1. The molecule has 0 fully saturated rings. The van der Waals surface area contributed by atoms with Gasteiger partial charge in [0.1, 0.15) is 5.82 Å². The molecule has 0 saturated heterocycles. The van der Waals surface area contributed by atoms with Crippen molar-refractivity contribution in [3.63, 3.8) is 0 Å². The number of benzene rings is 1. The molecular weight excluding hydrogens is 203 g/mol. The highest BCUT2D eigenvalue weighted by Gasteiger charge is 2.07. The van der Waals surface area contributed by atoms with E-state index < -0.39 is 0 Å². The Morgan fingerprint density at radius 3 is 2.50 bits per heavy atom. The Labute approximate surface area is 93.9 Å². The second kappa shape index (κ2) is 3.93. The smallest absolute Gasteiger partial charge is 0.132 e. The predicted octanol–water partition coefficient (Wildman–Crippen LogP) is 3.09. The van der Waals surface area contributed by atoms with E-state index in [0.29, 0.717) is 16.9 Å². The Kier molecular flexibility index (Phi) is 2.60. The van der Waals surface area contributed by atoms with Crippen molar-refractivity contribution in [3.8, 4) is 11.3 Å². The molecular formula is C13H13FN2. The van der Waals surface area contributed by atoms with Gasteiger partial charge in [0.15, 0.2) is 0 Å². The SMILES string of the molecule is Cc1ccc(-c2ccc(N)c(C)n2)c(F)c1. The number of aromatic nitrogens is 1. The zero-order chi connectivity index (χ0) is 11.7. The van der Waals surface area contributed by atoms with E-state index >= 15 is 0 Å². The van der Waals surface area contributed by atoms with Crippen LogP contribution in [0.25, 0.3) is 11.3 Å². The van der Waals surface area contributed by atoms with Crippen LogP contribution in [0.1, 0.15) is 11.3 Å². The summed E-state index contributed by atoms with van der Waals surface area (Å²) in [6.07, 6.45) is 0. The molecule has 82 valence electrons. The molecule has 0 atom stereocenters. The summed E-state index contributed by atoms with van der Waals surface area (Å²) in [6.45, 7) is 3.67. The van der Waals surface area contributed by atoms with Crippen LogP contribution in [-0.2, 0) is 0 Å². The minimum Gasteiger partial charge on any atom is -0.397 e. The molecule has 1 heterocycles. The monoisotopic (exact) mass is 216 g/mol. The van der Waals surface area contributed by atoms with Gasteiger partial charge in [0.05, 0.1) is 17.1 Å². The Morgan fingerprint density at radius 2 is 1.88 bits per heavy atom. The maximum absolute atomic E-state index is 13.7. The van der Waals surface area contributed by atoms with E-state index in [1.807, 2.05) is 19.9 Å². The van der Waals surface area contributed by atoms with Gasteiger partial charge in [-0.15, -0.1) is 0 Å². The van der Waals surface area contributed by atoms with Gasteiger partial charge >= 0.3 is 0 Å². The molecule has 0 amide bonds. The van der Waals surface area contributed by atoms with Gasteiger partial charge < -0.3 is 5.73 Å². The topological polar surface area (TPSA) is 38.9 Å². The minimum atomic E-state index is -0.253. The van der Waals surface area contributed by atoms with E-state index in [0.717, 1.165) is 11.3 Å². The number of anilines is 1. The van der Waals surface area contributed by atoms with Crippen LogP contribution in [0.3, 0.4) is 0 Å². The maximum atomic E-state index is 13.7. The standard InChI is InChI=1S/C13H13FN2/c1-8-3-4-10(11(14)7-8)13-6-5-12(15)9(2)16-13/h3-7H,15H2,1-2H3. The van der Waals surface area contributed by atoms with Crippen LogP contribution in [0, 0.1) is 19.7 Å². The number of hydrogen-bond donors (Lipinski definition) is 1. The van der Waals surface area contributed by atoms with Crippen molar-refractivity contribution in [3.05, 3.63) is 47.4 Å². The summed E-state index contributed by atoms with van der Waals surface area (Å²) in [5.41, 5.74) is 9.03. The Hall–Kier alpha value is -1.90. The van der Waals surface area contributed by atoms with Gasteiger partial charge in [-0.3, -0.25) is 4.98 Å². The van der Waals surface area contributed by atoms with Gasteiger partial charge in [-0.2, -0.15) is 0 Å². The predicted molar refractivity (Wildman–Crippen MR) is 63.5 cm³/mol. The number of hydrogen-bond acceptors (Lipinski definition) is 2. The molecule has 2 rings (SSSR count). The van der Waals surface area contributed by atoms with Crippen LogP contribution in [-0.4, -0.2) is 4.98 Å². The van der Waals surface area contributed by atoms with Crippen molar-refractivity contribution in [2.75, 3.05) is 5.73 Å². The lowest BCUT2D eigenvalue weighted by Crippen LogP contribution is -1.95. The van der Waals surface area contributed by atoms with Crippen LogP contribution in [0.5, 0.6) is 0 Å². The molecule has 0 aliphatic rings. The molecule has 2 aromatic rings. The lowest BCUT2D eigenvalue weighted by atomic mass is 10.1. The zero-order valence-corrected chi connectivity index (χ0v) is 9.29. The second-order valence-corrected chi connectivity index (χ2v) is 3.85. The molecule has 1 aromatic heterocycles. The van der Waals surface area contributed by atoms with Gasteiger partial charge in [0.25, 0.3) is 0 Å². The lowest BCUT2D eigenvalue weighted by Gasteiger charge is -2.06. The fourth-order valence-corrected chi connectivity index (χ4v) is 1.55. The number of halogens is 1. The second-order valence-electron chi connectivity index (χ2n) is 3.85. The fraction of sp³-hybridized carbons (Fsp3) is 0.154. The Balaban J connectivity index is 2.54. The number of nitrogen functional groups attached to an aromatic ring is 1. The van der Waals surface area contributed by atoms with Gasteiger partial charge in [-0.25, -0.2) is 4.39 Å². The molecule has 3 heteroatoms. The minimum absolute atomic E-state index is 0.253. The number of rotatable bonds is 1. The highest BCUT2D eigenvalue weighted by Crippen LogP contribution is 2.23. The third kappa shape index (κ3) is 1.89. The third-order valence-corrected chi connectivity index (χ3v) is 2.53. The normalized spacial score (nSPS) is 10.4.